The second-order valence-corrected chi connectivity index (χ2v) is 10.9. The van der Waals surface area contributed by atoms with Crippen molar-refractivity contribution in [2.24, 2.45) is 0 Å². The number of carboxylic acid groups (broad SMARTS) is 1. The quantitative estimate of drug-likeness (QED) is 0.273. The fraction of sp³-hybridized carbons (Fsp3) is 0.500. The molecular weight excluding hydrogens is 567 g/mol. The molecule has 2 rings (SSSR count). The normalized spacial score (nSPS) is 12.2. The van der Waals surface area contributed by atoms with Gasteiger partial charge in [-0.05, 0) is 58.2 Å². The predicted molar refractivity (Wildman–Crippen MR) is 138 cm³/mol. The molecular formula is C24H31ClF3N3O7S. The van der Waals surface area contributed by atoms with E-state index in [0.29, 0.717) is 23.6 Å². The number of carbonyl (C=O) groups is 1. The van der Waals surface area contributed by atoms with Crippen LogP contribution in [-0.2, 0) is 27.5 Å². The van der Waals surface area contributed by atoms with Crippen molar-refractivity contribution in [3.63, 3.8) is 0 Å². The van der Waals surface area contributed by atoms with Crippen LogP contribution in [0.3, 0.4) is 0 Å². The van der Waals surface area contributed by atoms with E-state index in [1.54, 1.807) is 39.8 Å². The first-order chi connectivity index (χ1) is 18.1. The first-order valence-electron chi connectivity index (χ1n) is 11.9. The van der Waals surface area contributed by atoms with Crippen LogP contribution in [0.5, 0.6) is 17.4 Å². The Labute approximate surface area is 230 Å². The second-order valence-electron chi connectivity index (χ2n) is 8.82. The minimum atomic E-state index is -4.64. The fourth-order valence-corrected chi connectivity index (χ4v) is 4.49. The minimum absolute atomic E-state index is 0.0601. The van der Waals surface area contributed by atoms with Crippen LogP contribution in [0.1, 0.15) is 45.2 Å². The summed E-state index contributed by atoms with van der Waals surface area (Å²) in [6, 6.07) is 5.43. The topological polar surface area (TPSA) is 127 Å². The maximum absolute atomic E-state index is 13.0. The van der Waals surface area contributed by atoms with Crippen molar-refractivity contribution in [2.75, 3.05) is 19.7 Å². The van der Waals surface area contributed by atoms with Crippen LogP contribution in [0.4, 0.5) is 18.0 Å². The van der Waals surface area contributed by atoms with Crippen LogP contribution in [-0.4, -0.2) is 60.8 Å². The number of hydrogen-bond acceptors (Lipinski definition) is 7. The molecule has 15 heteroatoms. The van der Waals surface area contributed by atoms with E-state index >= 15 is 0 Å². The number of alkyl halides is 3. The number of aryl methyl sites for hydroxylation is 1. The van der Waals surface area contributed by atoms with Gasteiger partial charge in [-0.15, -0.1) is 0 Å². The summed E-state index contributed by atoms with van der Waals surface area (Å²) in [6.07, 6.45) is -5.82. The molecule has 0 unspecified atom stereocenters. The zero-order chi connectivity index (χ0) is 29.4. The third-order valence-electron chi connectivity index (χ3n) is 4.90. The van der Waals surface area contributed by atoms with Gasteiger partial charge in [0.1, 0.15) is 16.5 Å². The Morgan fingerprint density at radius 1 is 1.18 bits per heavy atom. The molecule has 0 fully saturated rings. The molecule has 0 aliphatic rings. The van der Waals surface area contributed by atoms with Gasteiger partial charge in [0.05, 0.1) is 24.4 Å². The average Bonchev–Trinajstić information content (AvgIpc) is 2.80. The molecule has 0 saturated carbocycles. The molecule has 0 spiro atoms. The molecule has 0 saturated heterocycles. The van der Waals surface area contributed by atoms with Gasteiger partial charge in [-0.3, -0.25) is 0 Å². The van der Waals surface area contributed by atoms with Crippen molar-refractivity contribution < 1.29 is 45.7 Å². The fourth-order valence-electron chi connectivity index (χ4n) is 3.22. The molecule has 1 aromatic heterocycles. The van der Waals surface area contributed by atoms with E-state index in [4.69, 9.17) is 25.8 Å². The van der Waals surface area contributed by atoms with Gasteiger partial charge in [-0.1, -0.05) is 17.7 Å². The van der Waals surface area contributed by atoms with Crippen molar-refractivity contribution in [1.29, 1.82) is 0 Å². The van der Waals surface area contributed by atoms with Gasteiger partial charge in [0.2, 0.25) is 5.88 Å². The highest BCUT2D eigenvalue weighted by Crippen LogP contribution is 2.36. The van der Waals surface area contributed by atoms with Crippen molar-refractivity contribution in [3.05, 3.63) is 46.6 Å². The van der Waals surface area contributed by atoms with Gasteiger partial charge in [0, 0.05) is 25.4 Å². The number of halogens is 4. The SMILES string of the molecule is CC(C)OCCNS(=O)(=O)N(CCCc1ccc(OC(C)C)cc1Oc1ncc(C(F)(F)F)cc1Cl)C(=O)O. The van der Waals surface area contributed by atoms with Crippen molar-refractivity contribution >= 4 is 27.9 Å². The lowest BCUT2D eigenvalue weighted by atomic mass is 10.1. The summed E-state index contributed by atoms with van der Waals surface area (Å²) >= 11 is 5.99. The lowest BCUT2D eigenvalue weighted by molar-refractivity contribution is -0.137. The highest BCUT2D eigenvalue weighted by atomic mass is 35.5. The molecule has 1 amide bonds. The molecule has 1 heterocycles. The maximum atomic E-state index is 13.0. The summed E-state index contributed by atoms with van der Waals surface area (Å²) in [5.41, 5.74) is -0.554. The standard InChI is InChI=1S/C24H31ClF3N3O7S/c1-15(2)36-11-9-30-39(34,35)31(23(32)33)10-5-6-17-7-8-19(37-16(3)4)13-21(17)38-22-20(25)12-18(14-29-22)24(26,27)28/h7-8,12-16,30H,5-6,9-11H2,1-4H3,(H,32,33). The number of benzene rings is 1. The van der Waals surface area contributed by atoms with Gasteiger partial charge in [-0.25, -0.2) is 9.78 Å². The molecule has 0 aliphatic carbocycles. The minimum Gasteiger partial charge on any atom is -0.491 e. The summed E-state index contributed by atoms with van der Waals surface area (Å²) in [7, 11) is -4.34. The largest absolute Gasteiger partial charge is 0.491 e. The van der Waals surface area contributed by atoms with Crippen LogP contribution in [0.2, 0.25) is 5.02 Å². The number of hydrogen-bond donors (Lipinski definition) is 2. The van der Waals surface area contributed by atoms with Gasteiger partial charge >= 0.3 is 22.5 Å². The van der Waals surface area contributed by atoms with Crippen LogP contribution in [0.15, 0.2) is 30.5 Å². The van der Waals surface area contributed by atoms with Crippen LogP contribution >= 0.6 is 11.6 Å². The first-order valence-corrected chi connectivity index (χ1v) is 13.7. The van der Waals surface area contributed by atoms with E-state index in [9.17, 15) is 31.5 Å². The Kier molecular flexibility index (Phi) is 11.6. The summed E-state index contributed by atoms with van der Waals surface area (Å²) < 4.78 is 83.0. The van der Waals surface area contributed by atoms with Crippen LogP contribution in [0, 0.1) is 0 Å². The van der Waals surface area contributed by atoms with Crippen LogP contribution in [0.25, 0.3) is 0 Å². The third kappa shape index (κ3) is 10.4. The Bertz CT molecular complexity index is 1230. The Hall–Kier alpha value is -2.81. The van der Waals surface area contributed by atoms with E-state index in [2.05, 4.69) is 9.71 Å². The Morgan fingerprint density at radius 3 is 2.44 bits per heavy atom. The number of rotatable bonds is 14. The van der Waals surface area contributed by atoms with Crippen LogP contribution < -0.4 is 14.2 Å². The summed E-state index contributed by atoms with van der Waals surface area (Å²) in [5, 5.41) is 9.09. The van der Waals surface area contributed by atoms with E-state index in [-0.39, 0.29) is 65.7 Å². The number of nitrogens with zero attached hydrogens (tertiary/aromatic N) is 2. The smallest absolute Gasteiger partial charge is 0.422 e. The van der Waals surface area contributed by atoms with Gasteiger partial charge in [0.25, 0.3) is 0 Å². The highest BCUT2D eigenvalue weighted by molar-refractivity contribution is 7.87. The zero-order valence-electron chi connectivity index (χ0n) is 21.8. The monoisotopic (exact) mass is 597 g/mol. The Balaban J connectivity index is 2.21. The average molecular weight is 598 g/mol. The zero-order valence-corrected chi connectivity index (χ0v) is 23.4. The predicted octanol–water partition coefficient (Wildman–Crippen LogP) is 5.51. The molecule has 218 valence electrons. The molecule has 2 N–H and O–H groups in total. The van der Waals surface area contributed by atoms with E-state index in [0.717, 1.165) is 0 Å². The first kappa shape index (κ1) is 32.4. The van der Waals surface area contributed by atoms with Gasteiger partial charge < -0.3 is 19.3 Å². The molecule has 0 bridgehead atoms. The molecule has 0 atom stereocenters. The van der Waals surface area contributed by atoms with Crippen molar-refractivity contribution in [3.8, 4) is 17.4 Å². The van der Waals surface area contributed by atoms with Crippen molar-refractivity contribution in [2.45, 2.75) is 58.9 Å². The molecule has 0 radical (unpaired) electrons. The molecule has 39 heavy (non-hydrogen) atoms. The highest BCUT2D eigenvalue weighted by Gasteiger charge is 2.32. The molecule has 1 aromatic carbocycles. The van der Waals surface area contributed by atoms with E-state index < -0.39 is 28.0 Å². The third-order valence-corrected chi connectivity index (χ3v) is 6.66. The summed E-state index contributed by atoms with van der Waals surface area (Å²) in [5.74, 6) is 0.264. The van der Waals surface area contributed by atoms with Gasteiger partial charge in [-0.2, -0.15) is 30.6 Å². The molecule has 0 aliphatic heterocycles. The molecule has 2 aromatic rings. The lowest BCUT2D eigenvalue weighted by Crippen LogP contribution is -2.45. The maximum Gasteiger partial charge on any atom is 0.422 e. The summed E-state index contributed by atoms with van der Waals surface area (Å²) in [6.45, 7) is 6.73. The number of ether oxygens (including phenoxy) is 3. The molecule has 10 nitrogen and oxygen atoms in total. The second kappa shape index (κ2) is 14.0. The van der Waals surface area contributed by atoms with E-state index in [1.807, 2.05) is 0 Å². The number of nitrogens with one attached hydrogen (secondary N) is 1. The van der Waals surface area contributed by atoms with Crippen molar-refractivity contribution in [1.82, 2.24) is 14.0 Å². The summed E-state index contributed by atoms with van der Waals surface area (Å²) in [4.78, 5) is 15.3. The van der Waals surface area contributed by atoms with Gasteiger partial charge in [0.15, 0.2) is 0 Å². The number of pyridine rings is 1. The number of amides is 1. The number of aromatic nitrogens is 1. The van der Waals surface area contributed by atoms with E-state index in [1.165, 1.54) is 6.07 Å². The lowest BCUT2D eigenvalue weighted by Gasteiger charge is -2.20. The Morgan fingerprint density at radius 2 is 1.87 bits per heavy atom.